The maximum atomic E-state index is 10.5. The molecule has 0 aliphatic heterocycles. The summed E-state index contributed by atoms with van der Waals surface area (Å²) in [5.74, 6) is 0. The highest BCUT2D eigenvalue weighted by atomic mass is 32.2. The zero-order valence-electron chi connectivity index (χ0n) is 10.3. The molecule has 0 aliphatic rings. The monoisotopic (exact) mass is 236 g/mol. The summed E-state index contributed by atoms with van der Waals surface area (Å²) < 4.78 is 29.5. The van der Waals surface area contributed by atoms with E-state index in [9.17, 15) is 8.42 Å². The third kappa shape index (κ3) is 16.3. The van der Waals surface area contributed by atoms with E-state index in [0.29, 0.717) is 6.42 Å². The molecule has 3 nitrogen and oxygen atoms in total. The first-order valence-corrected chi connectivity index (χ1v) is 6.80. The van der Waals surface area contributed by atoms with Crippen LogP contribution in [0.5, 0.6) is 0 Å². The number of unbranched alkanes of at least 4 members (excludes halogenated alkanes) is 2. The van der Waals surface area contributed by atoms with Gasteiger partial charge in [0, 0.05) is 0 Å². The zero-order valence-corrected chi connectivity index (χ0v) is 11.1. The summed E-state index contributed by atoms with van der Waals surface area (Å²) >= 11 is 0. The highest BCUT2D eigenvalue weighted by Gasteiger charge is 2.15. The molecule has 1 N–H and O–H groups in total. The van der Waals surface area contributed by atoms with E-state index in [2.05, 4.69) is 13.5 Å². The molecule has 0 aromatic rings. The fraction of sp³-hybridized carbons (Fsp3) is 0.818. The van der Waals surface area contributed by atoms with Crippen LogP contribution >= 0.6 is 0 Å². The topological polar surface area (TPSA) is 54.4 Å². The maximum absolute atomic E-state index is 10.5. The van der Waals surface area contributed by atoms with Gasteiger partial charge in [0.2, 0.25) is 0 Å². The van der Waals surface area contributed by atoms with Gasteiger partial charge >= 0.3 is 0 Å². The normalized spacial score (nSPS) is 12.6. The van der Waals surface area contributed by atoms with Gasteiger partial charge in [-0.3, -0.25) is 4.55 Å². The molecule has 0 aromatic carbocycles. The molecule has 15 heavy (non-hydrogen) atoms. The molecule has 0 aromatic heterocycles. The number of rotatable bonds is 5. The Morgan fingerprint density at radius 1 is 1.33 bits per heavy atom. The Kier molecular flexibility index (Phi) is 10.1. The van der Waals surface area contributed by atoms with Crippen LogP contribution in [0.2, 0.25) is 0 Å². The quantitative estimate of drug-likeness (QED) is 0.452. The molecule has 0 fully saturated rings. The molecule has 92 valence electrons. The summed E-state index contributed by atoms with van der Waals surface area (Å²) in [6, 6.07) is 0. The molecule has 1 unspecified atom stereocenters. The average molecular weight is 236 g/mol. The lowest BCUT2D eigenvalue weighted by Gasteiger charge is -2.05. The minimum absolute atomic E-state index is 0.562. The fourth-order valence-corrected chi connectivity index (χ4v) is 1.30. The van der Waals surface area contributed by atoms with E-state index < -0.39 is 15.4 Å². The van der Waals surface area contributed by atoms with Crippen LogP contribution in [0, 0.1) is 0 Å². The van der Waals surface area contributed by atoms with Crippen molar-refractivity contribution >= 4 is 10.1 Å². The smallest absolute Gasteiger partial charge is 0.267 e. The van der Waals surface area contributed by atoms with E-state index in [-0.39, 0.29) is 0 Å². The molecule has 4 heteroatoms. The second-order valence-electron chi connectivity index (χ2n) is 4.03. The Bertz CT molecular complexity index is 251. The predicted molar refractivity (Wildman–Crippen MR) is 65.6 cm³/mol. The van der Waals surface area contributed by atoms with Gasteiger partial charge in [0.25, 0.3) is 10.1 Å². The molecule has 0 amide bonds. The maximum Gasteiger partial charge on any atom is 0.267 e. The minimum atomic E-state index is -3.78. The van der Waals surface area contributed by atoms with Crippen molar-refractivity contribution in [2.75, 3.05) is 0 Å². The summed E-state index contributed by atoms with van der Waals surface area (Å²) in [7, 11) is -3.78. The van der Waals surface area contributed by atoms with Crippen LogP contribution in [0.1, 0.15) is 53.4 Å². The van der Waals surface area contributed by atoms with Gasteiger partial charge in [-0.15, -0.1) is 6.58 Å². The molecule has 0 spiro atoms. The Hall–Kier alpha value is -0.350. The first-order valence-electron chi connectivity index (χ1n) is 5.30. The van der Waals surface area contributed by atoms with Crippen molar-refractivity contribution in [3.8, 4) is 0 Å². The second kappa shape index (κ2) is 8.92. The molecule has 0 heterocycles. The SMILES string of the molecule is C=C(C)C.CCCCCC(C)S(=O)(=O)O. The Morgan fingerprint density at radius 2 is 1.73 bits per heavy atom. The van der Waals surface area contributed by atoms with Crippen LogP contribution in [0.15, 0.2) is 12.2 Å². The first-order chi connectivity index (χ1) is 6.71. The zero-order chi connectivity index (χ0) is 12.5. The van der Waals surface area contributed by atoms with E-state index in [0.717, 1.165) is 19.3 Å². The van der Waals surface area contributed by atoms with Crippen molar-refractivity contribution in [1.82, 2.24) is 0 Å². The summed E-state index contributed by atoms with van der Waals surface area (Å²) in [4.78, 5) is 0. The van der Waals surface area contributed by atoms with E-state index in [1.54, 1.807) is 0 Å². The lowest BCUT2D eigenvalue weighted by molar-refractivity contribution is 0.462. The third-order valence-corrected chi connectivity index (χ3v) is 2.98. The highest BCUT2D eigenvalue weighted by Crippen LogP contribution is 2.08. The van der Waals surface area contributed by atoms with E-state index in [4.69, 9.17) is 4.55 Å². The molecule has 0 aliphatic carbocycles. The van der Waals surface area contributed by atoms with Gasteiger partial charge in [-0.05, 0) is 27.2 Å². The first kappa shape index (κ1) is 17.1. The van der Waals surface area contributed by atoms with Crippen LogP contribution in [0.4, 0.5) is 0 Å². The molecule has 1 atom stereocenters. The van der Waals surface area contributed by atoms with E-state index in [1.165, 1.54) is 12.5 Å². The Balaban J connectivity index is 0. The Morgan fingerprint density at radius 3 is 2.00 bits per heavy atom. The summed E-state index contributed by atoms with van der Waals surface area (Å²) in [5, 5.41) is -0.603. The minimum Gasteiger partial charge on any atom is -0.285 e. The van der Waals surface area contributed by atoms with Crippen molar-refractivity contribution in [1.29, 1.82) is 0 Å². The number of allylic oxidation sites excluding steroid dienone is 1. The lowest BCUT2D eigenvalue weighted by atomic mass is 10.2. The van der Waals surface area contributed by atoms with Crippen molar-refractivity contribution in [3.05, 3.63) is 12.2 Å². The average Bonchev–Trinajstić information content (AvgIpc) is 2.01. The largest absolute Gasteiger partial charge is 0.285 e. The molecule has 0 radical (unpaired) electrons. The van der Waals surface area contributed by atoms with Gasteiger partial charge < -0.3 is 0 Å². The van der Waals surface area contributed by atoms with Crippen LogP contribution in [0.3, 0.4) is 0 Å². The highest BCUT2D eigenvalue weighted by molar-refractivity contribution is 7.86. The third-order valence-electron chi connectivity index (χ3n) is 1.72. The molecule has 0 saturated heterocycles. The summed E-state index contributed by atoms with van der Waals surface area (Å²) in [6.07, 6.45) is 3.53. The van der Waals surface area contributed by atoms with Gasteiger partial charge in [0.05, 0.1) is 5.25 Å². The number of hydrogen-bond acceptors (Lipinski definition) is 2. The van der Waals surface area contributed by atoms with Crippen molar-refractivity contribution < 1.29 is 13.0 Å². The van der Waals surface area contributed by atoms with Crippen molar-refractivity contribution in [2.45, 2.75) is 58.6 Å². The second-order valence-corrected chi connectivity index (χ2v) is 5.86. The van der Waals surface area contributed by atoms with Crippen LogP contribution < -0.4 is 0 Å². The fourth-order valence-electron chi connectivity index (χ4n) is 0.831. The van der Waals surface area contributed by atoms with Crippen LogP contribution in [-0.2, 0) is 10.1 Å². The van der Waals surface area contributed by atoms with Gasteiger partial charge in [-0.1, -0.05) is 31.8 Å². The van der Waals surface area contributed by atoms with E-state index >= 15 is 0 Å². The molecular formula is C11H24O3S. The van der Waals surface area contributed by atoms with Gasteiger partial charge in [0.15, 0.2) is 0 Å². The molecular weight excluding hydrogens is 212 g/mol. The van der Waals surface area contributed by atoms with Gasteiger partial charge in [-0.2, -0.15) is 8.42 Å². The van der Waals surface area contributed by atoms with Crippen molar-refractivity contribution in [2.24, 2.45) is 0 Å². The standard InChI is InChI=1S/C7H16O3S.C4H8/c1-3-4-5-6-7(2)11(8,9)10;1-4(2)3/h7H,3-6H2,1-2H3,(H,8,9,10);1H2,2-3H3. The predicted octanol–water partition coefficient (Wildman–Crippen LogP) is 3.43. The number of hydrogen-bond donors (Lipinski definition) is 1. The Labute approximate surface area is 94.3 Å². The lowest BCUT2D eigenvalue weighted by Crippen LogP contribution is -2.15. The van der Waals surface area contributed by atoms with Crippen molar-refractivity contribution in [3.63, 3.8) is 0 Å². The van der Waals surface area contributed by atoms with Gasteiger partial charge in [0.1, 0.15) is 0 Å². The molecule has 0 saturated carbocycles. The van der Waals surface area contributed by atoms with Crippen LogP contribution in [0.25, 0.3) is 0 Å². The molecule has 0 rings (SSSR count). The summed E-state index contributed by atoms with van der Waals surface area (Å²) in [6.45, 7) is 11.1. The molecule has 0 bridgehead atoms. The van der Waals surface area contributed by atoms with Gasteiger partial charge in [-0.25, -0.2) is 0 Å². The van der Waals surface area contributed by atoms with E-state index in [1.807, 2.05) is 13.8 Å². The van der Waals surface area contributed by atoms with Crippen LogP contribution in [-0.4, -0.2) is 18.2 Å². The summed E-state index contributed by atoms with van der Waals surface area (Å²) in [5.41, 5.74) is 1.17.